The summed E-state index contributed by atoms with van der Waals surface area (Å²) < 4.78 is 6.10. The van der Waals surface area contributed by atoms with Gasteiger partial charge in [-0.2, -0.15) is 0 Å². The third-order valence-electron chi connectivity index (χ3n) is 18.5. The van der Waals surface area contributed by atoms with Crippen LogP contribution < -0.4 is 0 Å². The zero-order valence-electron chi connectivity index (χ0n) is 62.7. The number of nitro benzene ring substituents is 1. The number of aromatic hydroxyl groups is 8. The molecule has 8 N–H and O–H groups in total. The Morgan fingerprint density at radius 3 is 1.00 bits per heavy atom. The van der Waals surface area contributed by atoms with Crippen LogP contribution in [0.2, 0.25) is 0 Å². The van der Waals surface area contributed by atoms with E-state index in [2.05, 4.69) is 40.8 Å². The molecule has 111 heavy (non-hydrogen) atoms. The number of pyridine rings is 5. The van der Waals surface area contributed by atoms with Gasteiger partial charge in [0.15, 0.2) is 16.2 Å². The van der Waals surface area contributed by atoms with Crippen molar-refractivity contribution in [2.45, 2.75) is 69.2 Å². The van der Waals surface area contributed by atoms with E-state index in [1.165, 1.54) is 18.2 Å². The van der Waals surface area contributed by atoms with Crippen LogP contribution >= 0.6 is 15.9 Å². The second-order valence-electron chi connectivity index (χ2n) is 26.8. The van der Waals surface area contributed by atoms with Crippen LogP contribution in [0.15, 0.2) is 209 Å². The van der Waals surface area contributed by atoms with E-state index in [4.69, 9.17) is 4.42 Å². The maximum atomic E-state index is 11.1. The molecule has 0 fully saturated rings. The fourth-order valence-corrected chi connectivity index (χ4v) is 12.9. The zero-order valence-corrected chi connectivity index (χ0v) is 64.3. The van der Waals surface area contributed by atoms with E-state index >= 15 is 0 Å². The minimum Gasteiger partial charge on any atom is -0.507 e. The molecule has 0 amide bonds. The predicted octanol–water partition coefficient (Wildman–Crippen LogP) is 23.0. The van der Waals surface area contributed by atoms with Crippen molar-refractivity contribution in [2.75, 3.05) is 0 Å². The summed E-state index contributed by atoms with van der Waals surface area (Å²) in [7, 11) is 0. The average Bonchev–Trinajstić information content (AvgIpc) is 1.22. The first kappa shape index (κ1) is 78.4. The summed E-state index contributed by atoms with van der Waals surface area (Å²) in [5.41, 5.74) is 19.4. The summed E-state index contributed by atoms with van der Waals surface area (Å²) in [5, 5.41) is 95.4. The minimum absolute atomic E-state index is 0.0454. The van der Waals surface area contributed by atoms with Crippen molar-refractivity contribution in [1.29, 1.82) is 0 Å². The van der Waals surface area contributed by atoms with E-state index in [1.807, 2.05) is 251 Å². The summed E-state index contributed by atoms with van der Waals surface area (Å²) in [6, 6.07) is 61.1. The van der Waals surface area contributed by atoms with Crippen molar-refractivity contribution < 1.29 is 50.2 Å². The van der Waals surface area contributed by atoms with Crippen molar-refractivity contribution in [3.63, 3.8) is 0 Å². The second-order valence-corrected chi connectivity index (χ2v) is 27.6. The number of aromatic nitrogens is 5. The molecular weight excluding hydrogens is 1460 g/mol. The first-order chi connectivity index (χ1) is 53.2. The third kappa shape index (κ3) is 19.0. The van der Waals surface area contributed by atoms with E-state index in [9.17, 15) is 51.0 Å². The molecule has 6 heterocycles. The number of halogens is 1. The number of benzene rings is 9. The number of fused-ring (bicyclic) bond motifs is 5. The Kier molecular flexibility index (Phi) is 24.6. The fraction of sp³-hybridized carbons (Fsp3) is 0.108. The molecule has 0 aliphatic heterocycles. The fourth-order valence-electron chi connectivity index (χ4n) is 12.5. The molecule has 17 nitrogen and oxygen atoms in total. The third-order valence-corrected chi connectivity index (χ3v) is 18.9. The van der Waals surface area contributed by atoms with Gasteiger partial charge in [0.2, 0.25) is 0 Å². The second kappa shape index (κ2) is 34.9. The molecule has 0 spiro atoms. The molecule has 18 heteroatoms. The highest BCUT2D eigenvalue weighted by Crippen LogP contribution is 2.36. The predicted molar refractivity (Wildman–Crippen MR) is 453 cm³/mol. The standard InChI is InChI=1S/C19H16N2O3.C19H17NO3.C19H17NO2.C19H17NO.C17H14BrNO2/c1-12-11-13(2)19(22)18-16(12)10-9-15(20-18)8-7-14-5-3-4-6-17(14)21(23)24;1-11-9-12(2)19(23)18-15(11)7-6-14(20-18)5-3-13-4-8-16(21)17(22)10-13;1-12-11-13(2)19(22)18-16(12)10-9-15(20-18)8-7-14-5-3-4-6-17(14)21;1-13-12-14(2)19(21)18-17(13)11-10-16(20-18)9-8-15-6-4-3-5-7-15;1-10-9-11(2)17(20)16-14(10)7-4-12(19-16)3-5-13-6-8-15(18)21-13/h3-11,22H,1-2H3;3-10,21-23H,1-2H3;3-11,21-22H,1-2H3;3-12,21H,1-2H3;3-9,20H,1-2H3/b8-7+;5-3+;8-7+;9-8+;5-3+. The van der Waals surface area contributed by atoms with Crippen molar-refractivity contribution >= 4 is 137 Å². The quantitative estimate of drug-likeness (QED) is 0.0339. The Bertz CT molecular complexity index is 6200. The molecule has 0 aliphatic carbocycles. The van der Waals surface area contributed by atoms with Gasteiger partial charge in [-0.3, -0.25) is 10.1 Å². The molecular formula is C93H81BrN6O11. The number of phenolic OH excluding ortho intramolecular Hbond substituents is 8. The van der Waals surface area contributed by atoms with Gasteiger partial charge in [-0.1, -0.05) is 140 Å². The van der Waals surface area contributed by atoms with Gasteiger partial charge in [0, 0.05) is 38.6 Å². The number of rotatable bonds is 11. The van der Waals surface area contributed by atoms with E-state index < -0.39 is 4.92 Å². The van der Waals surface area contributed by atoms with Gasteiger partial charge >= 0.3 is 0 Å². The Morgan fingerprint density at radius 1 is 0.306 bits per heavy atom. The molecule has 9 aromatic carbocycles. The molecule has 0 unspecified atom stereocenters. The lowest BCUT2D eigenvalue weighted by atomic mass is 10.0. The Morgan fingerprint density at radius 2 is 0.640 bits per heavy atom. The van der Waals surface area contributed by atoms with E-state index in [0.29, 0.717) is 49.2 Å². The van der Waals surface area contributed by atoms with Gasteiger partial charge in [0.05, 0.1) is 39.0 Å². The highest BCUT2D eigenvalue weighted by atomic mass is 79.9. The molecule has 0 radical (unpaired) electrons. The summed E-state index contributed by atoms with van der Waals surface area (Å²) in [6.45, 7) is 19.4. The van der Waals surface area contributed by atoms with Crippen LogP contribution in [-0.4, -0.2) is 70.7 Å². The van der Waals surface area contributed by atoms with E-state index in [1.54, 1.807) is 60.7 Å². The maximum Gasteiger partial charge on any atom is 0.276 e. The highest BCUT2D eigenvalue weighted by Gasteiger charge is 2.15. The number of phenols is 8. The SMILES string of the molecule is Cc1cc(C)c2ccc(/C=C/c3ccc(Br)o3)nc2c1O.Cc1cc(C)c2ccc(/C=C/c3ccc(O)c(O)c3)nc2c1O.Cc1cc(C)c2ccc(/C=C/c3ccccc3)nc2c1O.Cc1cc(C)c2ccc(/C=C/c3ccccc3O)nc2c1O.Cc1cc(C)c2ccc(/C=C/c3ccccc3[N+](=O)[O-])nc2c1O. The summed E-state index contributed by atoms with van der Waals surface area (Å²) in [4.78, 5) is 33.2. The van der Waals surface area contributed by atoms with Crippen LogP contribution in [0.25, 0.3) is 115 Å². The van der Waals surface area contributed by atoms with Crippen molar-refractivity contribution in [1.82, 2.24) is 24.9 Å². The number of nitrogens with zero attached hydrogens (tertiary/aromatic N) is 6. The maximum absolute atomic E-state index is 11.1. The van der Waals surface area contributed by atoms with Crippen LogP contribution in [0.3, 0.4) is 0 Å². The summed E-state index contributed by atoms with van der Waals surface area (Å²) >= 11 is 3.27. The first-order valence-electron chi connectivity index (χ1n) is 35.4. The van der Waals surface area contributed by atoms with E-state index in [0.717, 1.165) is 122 Å². The smallest absolute Gasteiger partial charge is 0.276 e. The molecule has 15 rings (SSSR count). The number of hydrogen-bond donors (Lipinski definition) is 8. The molecule has 0 saturated heterocycles. The lowest BCUT2D eigenvalue weighted by molar-refractivity contribution is -0.385. The molecule has 556 valence electrons. The number of nitro groups is 1. The molecule has 0 atom stereocenters. The first-order valence-corrected chi connectivity index (χ1v) is 36.2. The Hall–Kier alpha value is -13.7. The summed E-state index contributed by atoms with van der Waals surface area (Å²) in [6.07, 6.45) is 18.3. The Labute approximate surface area is 650 Å². The number of para-hydroxylation sites is 2. The van der Waals surface area contributed by atoms with Crippen LogP contribution in [0.4, 0.5) is 5.69 Å². The number of aryl methyl sites for hydroxylation is 10. The highest BCUT2D eigenvalue weighted by molar-refractivity contribution is 9.10. The molecule has 0 saturated carbocycles. The Balaban J connectivity index is 0.000000138. The van der Waals surface area contributed by atoms with Gasteiger partial charge < -0.3 is 45.3 Å². The molecule has 6 aromatic heterocycles. The monoisotopic (exact) mass is 1540 g/mol. The molecule has 15 aromatic rings. The van der Waals surface area contributed by atoms with E-state index in [-0.39, 0.29) is 51.7 Å². The van der Waals surface area contributed by atoms with Crippen molar-refractivity contribution in [2.24, 2.45) is 0 Å². The lowest BCUT2D eigenvalue weighted by Crippen LogP contribution is -1.91. The van der Waals surface area contributed by atoms with Gasteiger partial charge in [0.25, 0.3) is 5.69 Å². The number of furan rings is 1. The van der Waals surface area contributed by atoms with Gasteiger partial charge in [0.1, 0.15) is 67.8 Å². The van der Waals surface area contributed by atoms with Gasteiger partial charge in [-0.25, -0.2) is 24.9 Å². The zero-order chi connectivity index (χ0) is 79.3. The summed E-state index contributed by atoms with van der Waals surface area (Å²) in [5.74, 6) is 1.75. The van der Waals surface area contributed by atoms with Crippen LogP contribution in [-0.2, 0) is 0 Å². The van der Waals surface area contributed by atoms with Crippen molar-refractivity contribution in [3.8, 4) is 46.0 Å². The number of hydrogen-bond acceptors (Lipinski definition) is 16. The normalized spacial score (nSPS) is 11.4. The van der Waals surface area contributed by atoms with Crippen LogP contribution in [0.1, 0.15) is 112 Å². The topological polar surface area (TPSA) is 283 Å². The van der Waals surface area contributed by atoms with Crippen LogP contribution in [0.5, 0.6) is 46.0 Å². The molecule has 0 bridgehead atoms. The largest absolute Gasteiger partial charge is 0.507 e. The van der Waals surface area contributed by atoms with Gasteiger partial charge in [-0.15, -0.1) is 0 Å². The molecule has 0 aliphatic rings. The minimum atomic E-state index is -0.411. The van der Waals surface area contributed by atoms with Gasteiger partial charge in [-0.05, 0) is 267 Å². The van der Waals surface area contributed by atoms with Crippen LogP contribution in [0, 0.1) is 79.4 Å². The average molecular weight is 1540 g/mol. The van der Waals surface area contributed by atoms with Crippen molar-refractivity contribution in [3.05, 3.63) is 327 Å². The lowest BCUT2D eigenvalue weighted by Gasteiger charge is -2.08.